The number of rotatable bonds is 11. The van der Waals surface area contributed by atoms with Crippen LogP contribution in [0.5, 0.6) is 0 Å². The number of carboxylic acids is 3. The molecule has 1 fully saturated rings. The summed E-state index contributed by atoms with van der Waals surface area (Å²) in [6.45, 7) is 3.78. The molecule has 0 aliphatic carbocycles. The molecule has 1 atom stereocenters. The van der Waals surface area contributed by atoms with Gasteiger partial charge in [-0.1, -0.05) is 30.3 Å². The highest BCUT2D eigenvalue weighted by Gasteiger charge is 2.40. The Labute approximate surface area is 197 Å². The van der Waals surface area contributed by atoms with Crippen LogP contribution in [-0.2, 0) is 39.3 Å². The van der Waals surface area contributed by atoms with Crippen molar-refractivity contribution in [1.82, 2.24) is 14.7 Å². The number of aliphatic carboxylic acids is 3. The minimum absolute atomic E-state index is 0.380. The van der Waals surface area contributed by atoms with E-state index in [1.54, 1.807) is 0 Å². The lowest BCUT2D eigenvalue weighted by Gasteiger charge is -2.24. The molecule has 4 N–H and O–H groups in total. The van der Waals surface area contributed by atoms with Gasteiger partial charge < -0.3 is 25.2 Å². The molecule has 1 aliphatic heterocycles. The summed E-state index contributed by atoms with van der Waals surface area (Å²) in [5, 5.41) is 38.1. The number of carbonyl (C=O) groups is 3. The van der Waals surface area contributed by atoms with Crippen LogP contribution in [0.25, 0.3) is 0 Å². The topological polar surface area (TPSA) is 162 Å². The molecule has 0 saturated carbocycles. The fourth-order valence-electron chi connectivity index (χ4n) is 3.63. The predicted molar refractivity (Wildman–Crippen MR) is 120 cm³/mol. The van der Waals surface area contributed by atoms with Gasteiger partial charge in [-0.15, -0.1) is 0 Å². The molecule has 34 heavy (non-hydrogen) atoms. The van der Waals surface area contributed by atoms with Gasteiger partial charge in [0.25, 0.3) is 0 Å². The van der Waals surface area contributed by atoms with Gasteiger partial charge in [-0.05, 0) is 18.4 Å². The Kier molecular flexibility index (Phi) is 10.2. The summed E-state index contributed by atoms with van der Waals surface area (Å²) in [6.07, 6.45) is 4.50. The number of benzene rings is 1. The lowest BCUT2D eigenvalue weighted by atomic mass is 9.96. The van der Waals surface area contributed by atoms with Crippen molar-refractivity contribution < 1.29 is 39.5 Å². The highest BCUT2D eigenvalue weighted by atomic mass is 16.5. The Hall–Kier alpha value is -3.28. The van der Waals surface area contributed by atoms with Gasteiger partial charge in [-0.3, -0.25) is 19.2 Å². The van der Waals surface area contributed by atoms with Crippen molar-refractivity contribution in [3.63, 3.8) is 0 Å². The smallest absolute Gasteiger partial charge is 0.336 e. The average Bonchev–Trinajstić information content (AvgIpc) is 3.39. The van der Waals surface area contributed by atoms with Gasteiger partial charge in [-0.25, -0.2) is 4.79 Å². The van der Waals surface area contributed by atoms with Gasteiger partial charge in [0.2, 0.25) is 0 Å². The van der Waals surface area contributed by atoms with E-state index in [4.69, 9.17) is 25.2 Å². The first-order valence-corrected chi connectivity index (χ1v) is 10.8. The molecule has 0 radical (unpaired) electrons. The van der Waals surface area contributed by atoms with Crippen molar-refractivity contribution >= 4 is 17.9 Å². The lowest BCUT2D eigenvalue weighted by molar-refractivity contribution is -0.170. The van der Waals surface area contributed by atoms with E-state index in [1.165, 1.54) is 24.0 Å². The zero-order chi connectivity index (χ0) is 25.1. The summed E-state index contributed by atoms with van der Waals surface area (Å²) in [7, 11) is 1.96. The average molecular weight is 478 g/mol. The molecule has 2 aromatic rings. The van der Waals surface area contributed by atoms with E-state index in [9.17, 15) is 14.4 Å². The first kappa shape index (κ1) is 27.0. The van der Waals surface area contributed by atoms with Crippen molar-refractivity contribution in [3.05, 3.63) is 53.9 Å². The Bertz CT molecular complexity index is 925. The van der Waals surface area contributed by atoms with Crippen LogP contribution in [0.2, 0.25) is 0 Å². The number of aryl methyl sites for hydroxylation is 1. The monoisotopic (exact) mass is 477 g/mol. The third-order valence-electron chi connectivity index (χ3n) is 5.18. The maximum atomic E-state index is 10.3. The van der Waals surface area contributed by atoms with Gasteiger partial charge >= 0.3 is 17.9 Å². The first-order chi connectivity index (χ1) is 16.1. The van der Waals surface area contributed by atoms with E-state index in [2.05, 4.69) is 46.5 Å². The SMILES string of the molecule is Cn1cc(CN(Cc2ccccc2)CC2CCCO2)cn1.O=C(O)CC(O)(CC(=O)O)C(=O)O. The molecule has 2 heterocycles. The van der Waals surface area contributed by atoms with Crippen molar-refractivity contribution in [1.29, 1.82) is 0 Å². The molecule has 11 heteroatoms. The predicted octanol–water partition coefficient (Wildman–Crippen LogP) is 1.35. The summed E-state index contributed by atoms with van der Waals surface area (Å²) in [4.78, 5) is 32.9. The van der Waals surface area contributed by atoms with Crippen LogP contribution in [0.1, 0.15) is 36.8 Å². The maximum absolute atomic E-state index is 10.3. The third kappa shape index (κ3) is 9.30. The van der Waals surface area contributed by atoms with Crippen molar-refractivity contribution in [2.24, 2.45) is 7.05 Å². The van der Waals surface area contributed by atoms with E-state index in [1.807, 2.05) is 17.9 Å². The number of hydrogen-bond acceptors (Lipinski definition) is 7. The molecule has 0 spiro atoms. The second-order valence-corrected chi connectivity index (χ2v) is 8.29. The Balaban J connectivity index is 0.000000273. The number of aliphatic hydroxyl groups is 1. The number of hydrogen-bond donors (Lipinski definition) is 4. The molecule has 1 unspecified atom stereocenters. The second-order valence-electron chi connectivity index (χ2n) is 8.29. The molecule has 0 bridgehead atoms. The van der Waals surface area contributed by atoms with Crippen molar-refractivity contribution in [2.45, 2.75) is 50.5 Å². The molecule has 1 aromatic carbocycles. The number of nitrogens with zero attached hydrogens (tertiary/aromatic N) is 3. The molecule has 1 saturated heterocycles. The zero-order valence-corrected chi connectivity index (χ0v) is 19.0. The van der Waals surface area contributed by atoms with Crippen LogP contribution >= 0.6 is 0 Å². The van der Waals surface area contributed by atoms with Gasteiger partial charge in [0, 0.05) is 45.0 Å². The number of carboxylic acid groups (broad SMARTS) is 3. The largest absolute Gasteiger partial charge is 0.481 e. The van der Waals surface area contributed by atoms with Crippen LogP contribution in [0.4, 0.5) is 0 Å². The van der Waals surface area contributed by atoms with E-state index in [-0.39, 0.29) is 0 Å². The summed E-state index contributed by atoms with van der Waals surface area (Å²) in [5.74, 6) is -5.02. The van der Waals surface area contributed by atoms with Crippen LogP contribution in [0.3, 0.4) is 0 Å². The minimum Gasteiger partial charge on any atom is -0.481 e. The summed E-state index contributed by atoms with van der Waals surface area (Å²) < 4.78 is 7.66. The molecule has 0 amide bonds. The van der Waals surface area contributed by atoms with Crippen LogP contribution in [0, 0.1) is 0 Å². The fourth-order valence-corrected chi connectivity index (χ4v) is 3.63. The van der Waals surface area contributed by atoms with E-state index in [0.717, 1.165) is 26.2 Å². The molecule has 186 valence electrons. The summed E-state index contributed by atoms with van der Waals surface area (Å²) in [5.41, 5.74) is -0.136. The van der Waals surface area contributed by atoms with Crippen LogP contribution in [0.15, 0.2) is 42.7 Å². The lowest BCUT2D eigenvalue weighted by Crippen LogP contribution is -2.42. The maximum Gasteiger partial charge on any atom is 0.336 e. The molecule has 1 aliphatic rings. The zero-order valence-electron chi connectivity index (χ0n) is 19.0. The van der Waals surface area contributed by atoms with Gasteiger partial charge in [0.1, 0.15) is 0 Å². The number of aromatic nitrogens is 2. The molecular weight excluding hydrogens is 446 g/mol. The van der Waals surface area contributed by atoms with Gasteiger partial charge in [0.05, 0.1) is 25.1 Å². The van der Waals surface area contributed by atoms with Crippen LogP contribution in [-0.4, -0.2) is 77.9 Å². The standard InChI is InChI=1S/C17H23N3O.C6H8O7/c1-19-11-16(10-18-19)13-20(14-17-8-5-9-21-17)12-15-6-3-2-4-7-15;7-3(8)1-6(13,5(11)12)2-4(9)10/h2-4,6-7,10-11,17H,5,8-9,12-14H2,1H3;13H,1-2H2,(H,7,8)(H,9,10)(H,11,12). The van der Waals surface area contributed by atoms with Crippen molar-refractivity contribution in [2.75, 3.05) is 13.2 Å². The van der Waals surface area contributed by atoms with Gasteiger partial charge in [0.15, 0.2) is 5.60 Å². The Morgan fingerprint density at radius 3 is 2.18 bits per heavy atom. The second kappa shape index (κ2) is 12.8. The minimum atomic E-state index is -2.74. The normalized spacial score (nSPS) is 15.6. The highest BCUT2D eigenvalue weighted by Crippen LogP contribution is 2.17. The first-order valence-electron chi connectivity index (χ1n) is 10.8. The van der Waals surface area contributed by atoms with E-state index < -0.39 is 36.4 Å². The van der Waals surface area contributed by atoms with Crippen LogP contribution < -0.4 is 0 Å². The molecule has 3 rings (SSSR count). The van der Waals surface area contributed by atoms with E-state index in [0.29, 0.717) is 6.10 Å². The Morgan fingerprint density at radius 2 is 1.71 bits per heavy atom. The highest BCUT2D eigenvalue weighted by molar-refractivity contribution is 5.88. The summed E-state index contributed by atoms with van der Waals surface area (Å²) >= 11 is 0. The van der Waals surface area contributed by atoms with E-state index >= 15 is 0 Å². The number of ether oxygens (including phenoxy) is 1. The Morgan fingerprint density at radius 1 is 1.09 bits per heavy atom. The summed E-state index contributed by atoms with van der Waals surface area (Å²) in [6, 6.07) is 10.6. The fraction of sp³-hybridized carbons (Fsp3) is 0.478. The van der Waals surface area contributed by atoms with Crippen molar-refractivity contribution in [3.8, 4) is 0 Å². The molecule has 11 nitrogen and oxygen atoms in total. The molecular formula is C23H31N3O8. The quantitative estimate of drug-likeness (QED) is 0.371. The van der Waals surface area contributed by atoms with Gasteiger partial charge in [-0.2, -0.15) is 5.10 Å². The molecule has 1 aromatic heterocycles. The third-order valence-corrected chi connectivity index (χ3v) is 5.18.